The molecule has 1 aromatic carbocycles. The zero-order valence-corrected chi connectivity index (χ0v) is 15.8. The number of carbonyl (C=O) groups excluding carboxylic acids is 2. The van der Waals surface area contributed by atoms with Gasteiger partial charge in [0.25, 0.3) is 5.91 Å². The standard InChI is InChI=1S/C18H19N5O7/c24-14(25)10-21-5-7-22(8-6-21)16(26)13-9-23(18(28)29-13)12-3-1-11(2-4-12)15-19-17(27)30-20-15/h1-4,13H,5-10H2,(H,24,25)(H,19,20,27). The van der Waals surface area contributed by atoms with Gasteiger partial charge in [0.05, 0.1) is 13.1 Å². The molecule has 0 bridgehead atoms. The van der Waals surface area contributed by atoms with E-state index >= 15 is 0 Å². The molecule has 1 atom stereocenters. The molecule has 3 heterocycles. The molecule has 4 rings (SSSR count). The molecule has 158 valence electrons. The number of amides is 2. The Kier molecular flexibility index (Phi) is 5.23. The summed E-state index contributed by atoms with van der Waals surface area (Å²) in [6.45, 7) is 1.68. The number of anilines is 1. The Hall–Kier alpha value is -3.67. The normalized spacial score (nSPS) is 19.7. The van der Waals surface area contributed by atoms with Crippen molar-refractivity contribution >= 4 is 23.7 Å². The second-order valence-electron chi connectivity index (χ2n) is 6.97. The number of cyclic esters (lactones) is 1. The van der Waals surface area contributed by atoms with Gasteiger partial charge in [0.1, 0.15) is 0 Å². The van der Waals surface area contributed by atoms with Crippen molar-refractivity contribution in [2.75, 3.05) is 44.2 Å². The maximum atomic E-state index is 12.7. The Morgan fingerprint density at radius 3 is 2.43 bits per heavy atom. The molecule has 2 saturated heterocycles. The first kappa shape index (κ1) is 19.6. The van der Waals surface area contributed by atoms with E-state index in [2.05, 4.69) is 14.7 Å². The lowest BCUT2D eigenvalue weighted by Crippen LogP contribution is -2.52. The first-order valence-corrected chi connectivity index (χ1v) is 9.28. The third kappa shape index (κ3) is 4.03. The number of H-pyrrole nitrogens is 1. The molecule has 2 fully saturated rings. The van der Waals surface area contributed by atoms with Crippen LogP contribution in [0.4, 0.5) is 10.5 Å². The number of hydrogen-bond acceptors (Lipinski definition) is 8. The lowest BCUT2D eigenvalue weighted by Gasteiger charge is -2.34. The smallest absolute Gasteiger partial charge is 0.439 e. The number of carboxylic acids is 1. The number of nitrogens with zero attached hydrogens (tertiary/aromatic N) is 4. The average molecular weight is 417 g/mol. The first-order chi connectivity index (χ1) is 14.4. The summed E-state index contributed by atoms with van der Waals surface area (Å²) in [6, 6.07) is 6.63. The van der Waals surface area contributed by atoms with Crippen LogP contribution >= 0.6 is 0 Å². The zero-order valence-electron chi connectivity index (χ0n) is 15.8. The molecule has 0 radical (unpaired) electrons. The van der Waals surface area contributed by atoms with Crippen LogP contribution in [-0.2, 0) is 14.3 Å². The Labute approximate surface area is 169 Å². The number of carboxylic acid groups (broad SMARTS) is 1. The second-order valence-corrected chi connectivity index (χ2v) is 6.97. The highest BCUT2D eigenvalue weighted by Gasteiger charge is 2.39. The van der Waals surface area contributed by atoms with Gasteiger partial charge in [-0.15, -0.1) is 0 Å². The number of aromatic nitrogens is 2. The summed E-state index contributed by atoms with van der Waals surface area (Å²) in [5, 5.41) is 12.5. The molecule has 2 aliphatic rings. The Morgan fingerprint density at radius 1 is 1.13 bits per heavy atom. The molecule has 1 unspecified atom stereocenters. The van der Waals surface area contributed by atoms with Crippen LogP contribution in [0.25, 0.3) is 11.4 Å². The highest BCUT2D eigenvalue weighted by Crippen LogP contribution is 2.25. The van der Waals surface area contributed by atoms with Gasteiger partial charge in [-0.25, -0.2) is 9.59 Å². The van der Waals surface area contributed by atoms with E-state index in [4.69, 9.17) is 9.84 Å². The van der Waals surface area contributed by atoms with Gasteiger partial charge in [0.15, 0.2) is 11.9 Å². The minimum Gasteiger partial charge on any atom is -0.480 e. The number of hydrogen-bond donors (Lipinski definition) is 2. The fourth-order valence-corrected chi connectivity index (χ4v) is 3.48. The number of aromatic amines is 1. The van der Waals surface area contributed by atoms with Crippen LogP contribution in [0.1, 0.15) is 0 Å². The second kappa shape index (κ2) is 7.99. The lowest BCUT2D eigenvalue weighted by atomic mass is 10.2. The molecule has 2 aliphatic heterocycles. The van der Waals surface area contributed by atoms with Crippen LogP contribution in [0, 0.1) is 0 Å². The van der Waals surface area contributed by atoms with Gasteiger partial charge in [-0.05, 0) is 24.3 Å². The van der Waals surface area contributed by atoms with Crippen molar-refractivity contribution in [2.24, 2.45) is 0 Å². The first-order valence-electron chi connectivity index (χ1n) is 9.28. The molecule has 2 aromatic rings. The van der Waals surface area contributed by atoms with E-state index in [1.807, 2.05) is 0 Å². The zero-order chi connectivity index (χ0) is 21.3. The summed E-state index contributed by atoms with van der Waals surface area (Å²) in [4.78, 5) is 54.0. The van der Waals surface area contributed by atoms with Gasteiger partial charge in [0.2, 0.25) is 0 Å². The summed E-state index contributed by atoms with van der Waals surface area (Å²) < 4.78 is 9.74. The average Bonchev–Trinajstić information content (AvgIpc) is 3.33. The molecule has 0 aliphatic carbocycles. The van der Waals surface area contributed by atoms with E-state index in [1.165, 1.54) is 4.90 Å². The van der Waals surface area contributed by atoms with Crippen LogP contribution < -0.4 is 10.7 Å². The third-order valence-corrected chi connectivity index (χ3v) is 5.02. The van der Waals surface area contributed by atoms with Crippen LogP contribution in [0.15, 0.2) is 33.6 Å². The third-order valence-electron chi connectivity index (χ3n) is 5.02. The molecular formula is C18H19N5O7. The Balaban J connectivity index is 1.37. The predicted molar refractivity (Wildman–Crippen MR) is 101 cm³/mol. The Morgan fingerprint density at radius 2 is 1.83 bits per heavy atom. The van der Waals surface area contributed by atoms with Gasteiger partial charge in [0, 0.05) is 37.4 Å². The molecule has 12 nitrogen and oxygen atoms in total. The monoisotopic (exact) mass is 417 g/mol. The maximum absolute atomic E-state index is 12.7. The van der Waals surface area contributed by atoms with Gasteiger partial charge in [-0.3, -0.25) is 28.9 Å². The van der Waals surface area contributed by atoms with E-state index in [9.17, 15) is 19.2 Å². The fourth-order valence-electron chi connectivity index (χ4n) is 3.48. The minimum atomic E-state index is -0.921. The Bertz CT molecular complexity index is 1010. The van der Waals surface area contributed by atoms with Crippen molar-refractivity contribution in [1.82, 2.24) is 19.9 Å². The van der Waals surface area contributed by atoms with Crippen molar-refractivity contribution in [3.63, 3.8) is 0 Å². The van der Waals surface area contributed by atoms with Crippen LogP contribution in [0.3, 0.4) is 0 Å². The molecule has 30 heavy (non-hydrogen) atoms. The van der Waals surface area contributed by atoms with Crippen molar-refractivity contribution in [3.05, 3.63) is 34.8 Å². The van der Waals surface area contributed by atoms with Crippen LogP contribution in [0.5, 0.6) is 0 Å². The van der Waals surface area contributed by atoms with E-state index in [-0.39, 0.29) is 24.8 Å². The van der Waals surface area contributed by atoms with Crippen LogP contribution in [0.2, 0.25) is 0 Å². The molecule has 12 heteroatoms. The predicted octanol–water partition coefficient (Wildman–Crippen LogP) is -0.416. The number of piperazine rings is 1. The fraction of sp³-hybridized carbons (Fsp3) is 0.389. The lowest BCUT2D eigenvalue weighted by molar-refractivity contribution is -0.142. The van der Waals surface area contributed by atoms with Gasteiger partial charge in [-0.2, -0.15) is 0 Å². The largest absolute Gasteiger partial charge is 0.480 e. The number of aliphatic carboxylic acids is 1. The topological polar surface area (TPSA) is 149 Å². The molecule has 0 spiro atoms. The van der Waals surface area contributed by atoms with E-state index < -0.39 is 23.9 Å². The molecule has 2 amide bonds. The van der Waals surface area contributed by atoms with Gasteiger partial charge >= 0.3 is 17.8 Å². The van der Waals surface area contributed by atoms with E-state index in [0.29, 0.717) is 37.4 Å². The number of ether oxygens (including phenoxy) is 1. The summed E-state index contributed by atoms with van der Waals surface area (Å²) in [5.74, 6) is -1.60. The molecule has 1 aromatic heterocycles. The summed E-state index contributed by atoms with van der Waals surface area (Å²) in [6.07, 6.45) is -1.55. The number of rotatable bonds is 5. The number of carbonyl (C=O) groups is 3. The van der Waals surface area contributed by atoms with Gasteiger partial charge < -0.3 is 14.7 Å². The summed E-state index contributed by atoms with van der Waals surface area (Å²) in [5.41, 5.74) is 1.14. The highest BCUT2D eigenvalue weighted by molar-refractivity contribution is 5.95. The van der Waals surface area contributed by atoms with Crippen molar-refractivity contribution < 1.29 is 28.8 Å². The van der Waals surface area contributed by atoms with Crippen molar-refractivity contribution in [2.45, 2.75) is 6.10 Å². The summed E-state index contributed by atoms with van der Waals surface area (Å²) in [7, 11) is 0. The van der Waals surface area contributed by atoms with E-state index in [0.717, 1.165) is 0 Å². The molecule has 2 N–H and O–H groups in total. The van der Waals surface area contributed by atoms with E-state index in [1.54, 1.807) is 34.1 Å². The van der Waals surface area contributed by atoms with Gasteiger partial charge in [-0.1, -0.05) is 5.16 Å². The van der Waals surface area contributed by atoms with Crippen molar-refractivity contribution in [3.8, 4) is 11.4 Å². The minimum absolute atomic E-state index is 0.0630. The quantitative estimate of drug-likeness (QED) is 0.661. The maximum Gasteiger partial charge on any atom is 0.439 e. The summed E-state index contributed by atoms with van der Waals surface area (Å²) >= 11 is 0. The number of nitrogens with one attached hydrogen (secondary N) is 1. The SMILES string of the molecule is O=C(O)CN1CCN(C(=O)C2CN(c3ccc(-c4noc(=O)[nH]4)cc3)C(=O)O2)CC1. The van der Waals surface area contributed by atoms with Crippen LogP contribution in [-0.4, -0.2) is 88.4 Å². The number of benzene rings is 1. The molecule has 0 saturated carbocycles. The molecular weight excluding hydrogens is 398 g/mol. The highest BCUT2D eigenvalue weighted by atomic mass is 16.6. The van der Waals surface area contributed by atoms with Crippen molar-refractivity contribution in [1.29, 1.82) is 0 Å².